The number of piperidine rings is 1. The molecule has 1 aromatic rings. The number of rotatable bonds is 3. The summed E-state index contributed by atoms with van der Waals surface area (Å²) in [6, 6.07) is 0. The molecule has 2 heterocycles. The Labute approximate surface area is 105 Å². The van der Waals surface area contributed by atoms with Crippen molar-refractivity contribution in [3.8, 4) is 0 Å². The lowest BCUT2D eigenvalue weighted by atomic mass is 9.75. The maximum Gasteiger partial charge on any atom is 0.0656 e. The average molecular weight is 235 g/mol. The highest BCUT2D eigenvalue weighted by molar-refractivity contribution is 5.24. The minimum absolute atomic E-state index is 0.694. The van der Waals surface area contributed by atoms with E-state index >= 15 is 0 Å². The Morgan fingerprint density at radius 3 is 2.94 bits per heavy atom. The van der Waals surface area contributed by atoms with Crippen molar-refractivity contribution in [2.24, 2.45) is 18.9 Å². The van der Waals surface area contributed by atoms with Gasteiger partial charge >= 0.3 is 0 Å². The summed E-state index contributed by atoms with van der Waals surface area (Å²) in [6.07, 6.45) is 4.54. The molecule has 2 atom stereocenters. The van der Waals surface area contributed by atoms with Crippen LogP contribution in [-0.4, -0.2) is 22.9 Å². The van der Waals surface area contributed by atoms with E-state index in [1.807, 2.05) is 11.7 Å². The van der Waals surface area contributed by atoms with E-state index in [0.717, 1.165) is 31.3 Å². The molecular weight excluding hydrogens is 210 g/mol. The summed E-state index contributed by atoms with van der Waals surface area (Å²) in [5, 5.41) is 8.13. The molecule has 96 valence electrons. The van der Waals surface area contributed by atoms with Crippen LogP contribution in [0.15, 0.2) is 6.20 Å². The molecule has 1 aromatic heterocycles. The van der Waals surface area contributed by atoms with Crippen LogP contribution in [-0.2, 0) is 13.5 Å². The molecule has 0 spiro atoms. The van der Waals surface area contributed by atoms with Gasteiger partial charge in [-0.1, -0.05) is 20.8 Å². The molecule has 0 aliphatic carbocycles. The zero-order valence-electron chi connectivity index (χ0n) is 11.5. The molecule has 0 amide bonds. The van der Waals surface area contributed by atoms with Crippen molar-refractivity contribution in [1.29, 1.82) is 0 Å². The molecule has 3 nitrogen and oxygen atoms in total. The fourth-order valence-electron chi connectivity index (χ4n) is 3.11. The van der Waals surface area contributed by atoms with E-state index in [2.05, 4.69) is 37.4 Å². The van der Waals surface area contributed by atoms with Gasteiger partial charge in [0.2, 0.25) is 0 Å². The van der Waals surface area contributed by atoms with Gasteiger partial charge in [-0.2, -0.15) is 5.10 Å². The van der Waals surface area contributed by atoms with Crippen LogP contribution < -0.4 is 5.32 Å². The lowest BCUT2D eigenvalue weighted by Crippen LogP contribution is -2.38. The van der Waals surface area contributed by atoms with Crippen LogP contribution in [0.3, 0.4) is 0 Å². The standard InChI is InChI=1S/C14H25N3/c1-5-14-13(9-17(4)16-14)11-6-7-15-8-12(11)10(2)3/h9-12,15H,5-8H2,1-4H3. The third-order valence-electron chi connectivity index (χ3n) is 4.06. The van der Waals surface area contributed by atoms with E-state index in [-0.39, 0.29) is 0 Å². The maximum atomic E-state index is 4.59. The number of hydrogen-bond acceptors (Lipinski definition) is 2. The second-order valence-electron chi connectivity index (χ2n) is 5.57. The van der Waals surface area contributed by atoms with E-state index in [4.69, 9.17) is 0 Å². The van der Waals surface area contributed by atoms with Crippen molar-refractivity contribution >= 4 is 0 Å². The van der Waals surface area contributed by atoms with Crippen LogP contribution in [0, 0.1) is 11.8 Å². The Hall–Kier alpha value is -0.830. The highest BCUT2D eigenvalue weighted by Crippen LogP contribution is 2.36. The summed E-state index contributed by atoms with van der Waals surface area (Å²) >= 11 is 0. The molecule has 0 aromatic carbocycles. The maximum absolute atomic E-state index is 4.59. The van der Waals surface area contributed by atoms with Crippen molar-refractivity contribution in [2.75, 3.05) is 13.1 Å². The Kier molecular flexibility index (Phi) is 3.87. The second kappa shape index (κ2) is 5.21. The van der Waals surface area contributed by atoms with Crippen LogP contribution >= 0.6 is 0 Å². The molecule has 1 saturated heterocycles. The van der Waals surface area contributed by atoms with E-state index in [0.29, 0.717) is 5.92 Å². The Balaban J connectivity index is 2.28. The van der Waals surface area contributed by atoms with Crippen molar-refractivity contribution in [3.05, 3.63) is 17.5 Å². The van der Waals surface area contributed by atoms with Gasteiger partial charge in [-0.15, -0.1) is 0 Å². The molecule has 1 aliphatic rings. The summed E-state index contributed by atoms with van der Waals surface area (Å²) in [6.45, 7) is 9.18. The summed E-state index contributed by atoms with van der Waals surface area (Å²) < 4.78 is 1.98. The zero-order chi connectivity index (χ0) is 12.4. The smallest absolute Gasteiger partial charge is 0.0656 e. The highest BCUT2D eigenvalue weighted by Gasteiger charge is 2.30. The Morgan fingerprint density at radius 2 is 2.29 bits per heavy atom. The average Bonchev–Trinajstić information content (AvgIpc) is 2.70. The molecule has 0 saturated carbocycles. The monoisotopic (exact) mass is 235 g/mol. The van der Waals surface area contributed by atoms with Crippen LogP contribution in [0.4, 0.5) is 0 Å². The number of aryl methyl sites for hydroxylation is 2. The lowest BCUT2D eigenvalue weighted by molar-refractivity contribution is 0.254. The van der Waals surface area contributed by atoms with Gasteiger partial charge in [0.25, 0.3) is 0 Å². The molecule has 1 fully saturated rings. The summed E-state index contributed by atoms with van der Waals surface area (Å²) in [5.41, 5.74) is 2.79. The van der Waals surface area contributed by atoms with Crippen LogP contribution in [0.25, 0.3) is 0 Å². The number of hydrogen-bond donors (Lipinski definition) is 1. The fourth-order valence-corrected chi connectivity index (χ4v) is 3.11. The van der Waals surface area contributed by atoms with Gasteiger partial charge in [0.15, 0.2) is 0 Å². The first-order valence-corrected chi connectivity index (χ1v) is 6.86. The number of nitrogens with zero attached hydrogens (tertiary/aromatic N) is 2. The van der Waals surface area contributed by atoms with Gasteiger partial charge in [-0.25, -0.2) is 0 Å². The van der Waals surface area contributed by atoms with E-state index in [1.165, 1.54) is 17.7 Å². The van der Waals surface area contributed by atoms with E-state index in [1.54, 1.807) is 0 Å². The van der Waals surface area contributed by atoms with Crippen molar-refractivity contribution < 1.29 is 0 Å². The Bertz CT molecular complexity index is 368. The van der Waals surface area contributed by atoms with Gasteiger partial charge in [0.1, 0.15) is 0 Å². The topological polar surface area (TPSA) is 29.9 Å². The van der Waals surface area contributed by atoms with Gasteiger partial charge in [0, 0.05) is 13.2 Å². The summed E-state index contributed by atoms with van der Waals surface area (Å²) in [5.74, 6) is 2.18. The first-order chi connectivity index (χ1) is 8.13. The largest absolute Gasteiger partial charge is 0.316 e. The van der Waals surface area contributed by atoms with Gasteiger partial charge in [-0.05, 0) is 49.2 Å². The number of nitrogens with one attached hydrogen (secondary N) is 1. The molecule has 3 heteroatoms. The van der Waals surface area contributed by atoms with Gasteiger partial charge in [0.05, 0.1) is 5.69 Å². The van der Waals surface area contributed by atoms with E-state index < -0.39 is 0 Å². The van der Waals surface area contributed by atoms with Crippen molar-refractivity contribution in [1.82, 2.24) is 15.1 Å². The molecule has 0 radical (unpaired) electrons. The second-order valence-corrected chi connectivity index (χ2v) is 5.57. The van der Waals surface area contributed by atoms with E-state index in [9.17, 15) is 0 Å². The quantitative estimate of drug-likeness (QED) is 0.871. The molecule has 1 aliphatic heterocycles. The molecule has 2 rings (SSSR count). The minimum Gasteiger partial charge on any atom is -0.316 e. The number of aromatic nitrogens is 2. The molecule has 17 heavy (non-hydrogen) atoms. The third-order valence-corrected chi connectivity index (χ3v) is 4.06. The van der Waals surface area contributed by atoms with Crippen molar-refractivity contribution in [2.45, 2.75) is 39.5 Å². The predicted octanol–water partition coefficient (Wildman–Crippen LogP) is 2.33. The molecule has 1 N–H and O–H groups in total. The first-order valence-electron chi connectivity index (χ1n) is 6.86. The minimum atomic E-state index is 0.694. The van der Waals surface area contributed by atoms with Crippen LogP contribution in [0.1, 0.15) is 44.4 Å². The van der Waals surface area contributed by atoms with Crippen LogP contribution in [0.5, 0.6) is 0 Å². The molecular formula is C14H25N3. The third kappa shape index (κ3) is 2.54. The Morgan fingerprint density at radius 1 is 1.53 bits per heavy atom. The fraction of sp³-hybridized carbons (Fsp3) is 0.786. The molecule has 2 unspecified atom stereocenters. The summed E-state index contributed by atoms with van der Waals surface area (Å²) in [4.78, 5) is 0. The molecule has 0 bridgehead atoms. The normalized spacial score (nSPS) is 25.5. The first kappa shape index (κ1) is 12.6. The van der Waals surface area contributed by atoms with Gasteiger partial charge < -0.3 is 5.32 Å². The SMILES string of the molecule is CCc1nn(C)cc1C1CCNCC1C(C)C. The lowest BCUT2D eigenvalue weighted by Gasteiger charge is -2.35. The van der Waals surface area contributed by atoms with Crippen LogP contribution in [0.2, 0.25) is 0 Å². The summed E-state index contributed by atoms with van der Waals surface area (Å²) in [7, 11) is 2.04. The van der Waals surface area contributed by atoms with Gasteiger partial charge in [-0.3, -0.25) is 4.68 Å². The van der Waals surface area contributed by atoms with Crippen molar-refractivity contribution in [3.63, 3.8) is 0 Å². The highest BCUT2D eigenvalue weighted by atomic mass is 15.3. The predicted molar refractivity (Wildman–Crippen MR) is 71.1 cm³/mol. The zero-order valence-corrected chi connectivity index (χ0v) is 11.5.